The first-order chi connectivity index (χ1) is 9.46. The molecular formula is C14H19ClF3IN2. The summed E-state index contributed by atoms with van der Waals surface area (Å²) in [5, 5.41) is 3.24. The van der Waals surface area contributed by atoms with E-state index in [-0.39, 0.29) is 24.9 Å². The Kier molecular flexibility index (Phi) is 7.73. The van der Waals surface area contributed by atoms with Gasteiger partial charge in [0, 0.05) is 42.2 Å². The first kappa shape index (κ1) is 19.0. The van der Waals surface area contributed by atoms with Crippen LogP contribution in [0, 0.1) is 3.57 Å². The van der Waals surface area contributed by atoms with E-state index in [4.69, 9.17) is 0 Å². The van der Waals surface area contributed by atoms with Crippen molar-refractivity contribution in [2.45, 2.75) is 25.1 Å². The molecular weight excluding hydrogens is 416 g/mol. The van der Waals surface area contributed by atoms with Crippen LogP contribution < -0.4 is 5.32 Å². The molecule has 1 saturated heterocycles. The zero-order valence-electron chi connectivity index (χ0n) is 11.5. The molecule has 0 aliphatic carbocycles. The molecule has 1 aliphatic heterocycles. The second-order valence-corrected chi connectivity index (χ2v) is 6.26. The predicted octanol–water partition coefficient (Wildman–Crippen LogP) is 4.00. The van der Waals surface area contributed by atoms with Crippen LogP contribution in [-0.2, 0) is 0 Å². The van der Waals surface area contributed by atoms with E-state index in [1.54, 1.807) is 0 Å². The van der Waals surface area contributed by atoms with Crippen LogP contribution in [0.4, 0.5) is 13.2 Å². The van der Waals surface area contributed by atoms with Crippen molar-refractivity contribution in [3.05, 3.63) is 33.4 Å². The Morgan fingerprint density at radius 2 is 1.90 bits per heavy atom. The van der Waals surface area contributed by atoms with Gasteiger partial charge in [-0.15, -0.1) is 12.4 Å². The molecule has 0 spiro atoms. The number of nitrogens with one attached hydrogen (secondary N) is 1. The van der Waals surface area contributed by atoms with Gasteiger partial charge in [-0.2, -0.15) is 13.2 Å². The third kappa shape index (κ3) is 6.30. The van der Waals surface area contributed by atoms with Crippen LogP contribution in [0.2, 0.25) is 0 Å². The van der Waals surface area contributed by atoms with Crippen LogP contribution in [-0.4, -0.2) is 37.3 Å². The maximum atomic E-state index is 12.5. The monoisotopic (exact) mass is 434 g/mol. The summed E-state index contributed by atoms with van der Waals surface area (Å²) in [5.41, 5.74) is 0.989. The average molecular weight is 435 g/mol. The Hall–Kier alpha value is -0.0500. The number of rotatable bonds is 4. The standard InChI is InChI=1S/C14H18F3IN2.ClH/c15-14(16,17)5-4-13(20-8-6-19-7-9-20)11-2-1-3-12(18)10-11;/h1-3,10,13,19H,4-9H2;1H/t13-;/m0./s1. The van der Waals surface area contributed by atoms with Crippen molar-refractivity contribution in [1.29, 1.82) is 0 Å². The van der Waals surface area contributed by atoms with Gasteiger partial charge in [-0.3, -0.25) is 4.90 Å². The molecule has 1 aromatic rings. The summed E-state index contributed by atoms with van der Waals surface area (Å²) in [6.07, 6.45) is -4.69. The minimum Gasteiger partial charge on any atom is -0.314 e. The lowest BCUT2D eigenvalue weighted by Crippen LogP contribution is -2.45. The second-order valence-electron chi connectivity index (χ2n) is 5.01. The number of hydrogen-bond donors (Lipinski definition) is 1. The van der Waals surface area contributed by atoms with E-state index in [0.29, 0.717) is 0 Å². The third-order valence-corrected chi connectivity index (χ3v) is 4.20. The second kappa shape index (κ2) is 8.55. The van der Waals surface area contributed by atoms with Gasteiger partial charge in [-0.1, -0.05) is 12.1 Å². The van der Waals surface area contributed by atoms with Crippen molar-refractivity contribution in [3.8, 4) is 0 Å². The Labute approximate surface area is 143 Å². The largest absolute Gasteiger partial charge is 0.389 e. The van der Waals surface area contributed by atoms with E-state index < -0.39 is 12.6 Å². The quantitative estimate of drug-likeness (QED) is 0.721. The van der Waals surface area contributed by atoms with Gasteiger partial charge in [0.2, 0.25) is 0 Å². The zero-order valence-corrected chi connectivity index (χ0v) is 14.5. The number of nitrogens with zero attached hydrogens (tertiary/aromatic N) is 1. The molecule has 21 heavy (non-hydrogen) atoms. The molecule has 0 unspecified atom stereocenters. The Morgan fingerprint density at radius 1 is 1.24 bits per heavy atom. The lowest BCUT2D eigenvalue weighted by molar-refractivity contribution is -0.138. The van der Waals surface area contributed by atoms with Gasteiger partial charge in [-0.05, 0) is 46.7 Å². The SMILES string of the molecule is Cl.FC(F)(F)CC[C@@H](c1cccc(I)c1)N1CCNCC1. The fourth-order valence-electron chi connectivity index (χ4n) is 2.57. The highest BCUT2D eigenvalue weighted by Gasteiger charge is 2.31. The van der Waals surface area contributed by atoms with Gasteiger partial charge in [0.05, 0.1) is 0 Å². The molecule has 2 nitrogen and oxygen atoms in total. The van der Waals surface area contributed by atoms with E-state index in [0.717, 1.165) is 35.3 Å². The smallest absolute Gasteiger partial charge is 0.314 e. The molecule has 1 heterocycles. The molecule has 0 amide bonds. The predicted molar refractivity (Wildman–Crippen MR) is 88.9 cm³/mol. The van der Waals surface area contributed by atoms with Gasteiger partial charge in [-0.25, -0.2) is 0 Å². The maximum Gasteiger partial charge on any atom is 0.389 e. The van der Waals surface area contributed by atoms with Crippen molar-refractivity contribution in [2.24, 2.45) is 0 Å². The van der Waals surface area contributed by atoms with Gasteiger partial charge in [0.15, 0.2) is 0 Å². The van der Waals surface area contributed by atoms with Crippen molar-refractivity contribution < 1.29 is 13.2 Å². The summed E-state index contributed by atoms with van der Waals surface area (Å²) in [5.74, 6) is 0. The van der Waals surface area contributed by atoms with Crippen LogP contribution in [0.15, 0.2) is 24.3 Å². The maximum absolute atomic E-state index is 12.5. The lowest BCUT2D eigenvalue weighted by atomic mass is 9.99. The van der Waals surface area contributed by atoms with Crippen LogP contribution in [0.25, 0.3) is 0 Å². The van der Waals surface area contributed by atoms with E-state index in [9.17, 15) is 13.2 Å². The first-order valence-electron chi connectivity index (χ1n) is 6.73. The number of halogens is 5. The molecule has 1 N–H and O–H groups in total. The summed E-state index contributed by atoms with van der Waals surface area (Å²) in [4.78, 5) is 2.16. The zero-order chi connectivity index (χ0) is 14.6. The van der Waals surface area contributed by atoms with Crippen LogP contribution in [0.3, 0.4) is 0 Å². The summed E-state index contributed by atoms with van der Waals surface area (Å²) in [6, 6.07) is 7.66. The average Bonchev–Trinajstić information content (AvgIpc) is 2.39. The number of hydrogen-bond acceptors (Lipinski definition) is 2. The number of piperazine rings is 1. The Morgan fingerprint density at radius 3 is 2.48 bits per heavy atom. The van der Waals surface area contributed by atoms with E-state index in [1.807, 2.05) is 24.3 Å². The normalized spacial score (nSPS) is 18.1. The van der Waals surface area contributed by atoms with E-state index in [1.165, 1.54) is 0 Å². The van der Waals surface area contributed by atoms with E-state index in [2.05, 4.69) is 32.8 Å². The van der Waals surface area contributed by atoms with Crippen molar-refractivity contribution in [2.75, 3.05) is 26.2 Å². The van der Waals surface area contributed by atoms with E-state index >= 15 is 0 Å². The minimum absolute atomic E-state index is 0. The lowest BCUT2D eigenvalue weighted by Gasteiger charge is -2.35. The number of alkyl halides is 3. The molecule has 0 bridgehead atoms. The molecule has 1 fully saturated rings. The summed E-state index contributed by atoms with van der Waals surface area (Å²) >= 11 is 2.20. The number of benzene rings is 1. The highest BCUT2D eigenvalue weighted by molar-refractivity contribution is 14.1. The molecule has 0 saturated carbocycles. The fraction of sp³-hybridized carbons (Fsp3) is 0.571. The summed E-state index contributed by atoms with van der Waals surface area (Å²) in [7, 11) is 0. The molecule has 1 atom stereocenters. The molecule has 0 aromatic heterocycles. The highest BCUT2D eigenvalue weighted by atomic mass is 127. The van der Waals surface area contributed by atoms with Crippen LogP contribution in [0.1, 0.15) is 24.4 Å². The van der Waals surface area contributed by atoms with Gasteiger partial charge in [0.1, 0.15) is 0 Å². The van der Waals surface area contributed by atoms with Crippen molar-refractivity contribution in [1.82, 2.24) is 10.2 Å². The topological polar surface area (TPSA) is 15.3 Å². The molecule has 0 radical (unpaired) electrons. The molecule has 120 valence electrons. The highest BCUT2D eigenvalue weighted by Crippen LogP contribution is 2.32. The van der Waals surface area contributed by atoms with Crippen LogP contribution in [0.5, 0.6) is 0 Å². The van der Waals surface area contributed by atoms with Gasteiger partial charge >= 0.3 is 6.18 Å². The first-order valence-corrected chi connectivity index (χ1v) is 7.80. The summed E-state index contributed by atoms with van der Waals surface area (Å²) < 4.78 is 38.7. The fourth-order valence-corrected chi connectivity index (χ4v) is 3.14. The molecule has 1 aliphatic rings. The Balaban J connectivity index is 0.00000220. The van der Waals surface area contributed by atoms with Crippen LogP contribution >= 0.6 is 35.0 Å². The molecule has 2 rings (SSSR count). The third-order valence-electron chi connectivity index (χ3n) is 3.53. The van der Waals surface area contributed by atoms with Crippen molar-refractivity contribution in [3.63, 3.8) is 0 Å². The van der Waals surface area contributed by atoms with Gasteiger partial charge in [0.25, 0.3) is 0 Å². The summed E-state index contributed by atoms with van der Waals surface area (Å²) in [6.45, 7) is 3.28. The Bertz CT molecular complexity index is 436. The molecule has 7 heteroatoms. The molecule has 1 aromatic carbocycles. The van der Waals surface area contributed by atoms with Crippen molar-refractivity contribution >= 4 is 35.0 Å². The minimum atomic E-state index is -4.09. The van der Waals surface area contributed by atoms with Gasteiger partial charge < -0.3 is 5.32 Å².